The van der Waals surface area contributed by atoms with Crippen molar-refractivity contribution in [3.8, 4) is 6.07 Å². The summed E-state index contributed by atoms with van der Waals surface area (Å²) in [5.41, 5.74) is -6.95. The van der Waals surface area contributed by atoms with Crippen LogP contribution in [0.2, 0.25) is 0 Å². The van der Waals surface area contributed by atoms with Crippen LogP contribution in [-0.4, -0.2) is 18.0 Å². The van der Waals surface area contributed by atoms with Crippen molar-refractivity contribution in [2.24, 2.45) is 0 Å². The first-order valence-electron chi connectivity index (χ1n) is 6.08. The Balaban J connectivity index is 3.67. The summed E-state index contributed by atoms with van der Waals surface area (Å²) in [5.74, 6) is -15.0. The Bertz CT molecular complexity index is 672. The van der Waals surface area contributed by atoms with Gasteiger partial charge in [-0.1, -0.05) is 12.1 Å². The van der Waals surface area contributed by atoms with Crippen LogP contribution in [0.4, 0.5) is 39.5 Å². The van der Waals surface area contributed by atoms with E-state index in [4.69, 9.17) is 5.26 Å². The van der Waals surface area contributed by atoms with Crippen LogP contribution in [0.1, 0.15) is 17.5 Å². The minimum absolute atomic E-state index is 0.220. The maximum atomic E-state index is 14.7. The van der Waals surface area contributed by atoms with Gasteiger partial charge in [0.2, 0.25) is 5.67 Å². The third kappa shape index (κ3) is 2.83. The van der Waals surface area contributed by atoms with Crippen molar-refractivity contribution in [3.05, 3.63) is 47.8 Å². The van der Waals surface area contributed by atoms with Crippen molar-refractivity contribution in [2.75, 3.05) is 0 Å². The summed E-state index contributed by atoms with van der Waals surface area (Å²) in [5, 5.41) is 8.51. The lowest BCUT2D eigenvalue weighted by atomic mass is 9.82. The second-order valence-corrected chi connectivity index (χ2v) is 4.75. The second kappa shape index (κ2) is 6.03. The standard InChI is InChI=1S/C14H8F9N/c1-2-5-11(16,9-4-3-8(7-24)6-10(9)15)12(17,18)13(19,20)14(21,22)23/h2-4,6H,1,5H2. The van der Waals surface area contributed by atoms with Gasteiger partial charge in [0, 0.05) is 12.0 Å². The molecule has 0 aromatic heterocycles. The number of rotatable bonds is 5. The third-order valence-corrected chi connectivity index (χ3v) is 3.20. The van der Waals surface area contributed by atoms with E-state index in [0.29, 0.717) is 12.1 Å². The van der Waals surface area contributed by atoms with E-state index < -0.39 is 47.1 Å². The molecule has 0 aliphatic rings. The van der Waals surface area contributed by atoms with Crippen molar-refractivity contribution in [1.29, 1.82) is 5.26 Å². The first-order chi connectivity index (χ1) is 10.8. The molecule has 0 saturated carbocycles. The molecule has 10 heteroatoms. The van der Waals surface area contributed by atoms with E-state index in [2.05, 4.69) is 6.58 Å². The van der Waals surface area contributed by atoms with Crippen molar-refractivity contribution < 1.29 is 39.5 Å². The molecule has 0 saturated heterocycles. The van der Waals surface area contributed by atoms with Gasteiger partial charge in [0.25, 0.3) is 0 Å². The van der Waals surface area contributed by atoms with Gasteiger partial charge < -0.3 is 0 Å². The van der Waals surface area contributed by atoms with E-state index in [1.54, 1.807) is 0 Å². The Hall–Kier alpha value is -2.18. The molecule has 0 N–H and O–H groups in total. The summed E-state index contributed by atoms with van der Waals surface area (Å²) in [4.78, 5) is 0. The van der Waals surface area contributed by atoms with Crippen LogP contribution >= 0.6 is 0 Å². The zero-order chi connectivity index (χ0) is 19.0. The molecule has 0 bridgehead atoms. The van der Waals surface area contributed by atoms with Crippen molar-refractivity contribution >= 4 is 0 Å². The number of nitriles is 1. The number of nitrogens with zero attached hydrogens (tertiary/aromatic N) is 1. The van der Waals surface area contributed by atoms with Crippen LogP contribution < -0.4 is 0 Å². The average Bonchev–Trinajstić information content (AvgIpc) is 2.45. The monoisotopic (exact) mass is 361 g/mol. The van der Waals surface area contributed by atoms with E-state index >= 15 is 0 Å². The molecule has 132 valence electrons. The van der Waals surface area contributed by atoms with Gasteiger partial charge in [-0.2, -0.15) is 36.0 Å². The third-order valence-electron chi connectivity index (χ3n) is 3.20. The summed E-state index contributed by atoms with van der Waals surface area (Å²) < 4.78 is 119. The molecule has 1 unspecified atom stereocenters. The Morgan fingerprint density at radius 3 is 1.92 bits per heavy atom. The van der Waals surface area contributed by atoms with Crippen LogP contribution in [0.25, 0.3) is 0 Å². The van der Waals surface area contributed by atoms with Gasteiger partial charge in [-0.15, -0.1) is 6.58 Å². The second-order valence-electron chi connectivity index (χ2n) is 4.75. The molecule has 0 spiro atoms. The molecule has 0 aliphatic heterocycles. The number of alkyl halides is 8. The average molecular weight is 361 g/mol. The maximum Gasteiger partial charge on any atom is 0.460 e. The van der Waals surface area contributed by atoms with Crippen LogP contribution in [0.15, 0.2) is 30.9 Å². The highest BCUT2D eigenvalue weighted by atomic mass is 19.4. The number of hydrogen-bond donors (Lipinski definition) is 0. The fraction of sp³-hybridized carbons (Fsp3) is 0.357. The minimum atomic E-state index is -6.78. The van der Waals surface area contributed by atoms with E-state index in [9.17, 15) is 39.5 Å². The Labute approximate surface area is 130 Å². The van der Waals surface area contributed by atoms with Crippen LogP contribution in [0, 0.1) is 17.1 Å². The van der Waals surface area contributed by atoms with Gasteiger partial charge in [-0.25, -0.2) is 8.78 Å². The van der Waals surface area contributed by atoms with Crippen LogP contribution in [0.3, 0.4) is 0 Å². The van der Waals surface area contributed by atoms with E-state index in [1.807, 2.05) is 0 Å². The minimum Gasteiger partial charge on any atom is -0.231 e. The van der Waals surface area contributed by atoms with Gasteiger partial charge in [0.05, 0.1) is 11.6 Å². The molecule has 24 heavy (non-hydrogen) atoms. The molecule has 1 rings (SSSR count). The summed E-state index contributed by atoms with van der Waals surface area (Å²) in [6.07, 6.45) is -8.19. The topological polar surface area (TPSA) is 23.8 Å². The van der Waals surface area contributed by atoms with E-state index in [-0.39, 0.29) is 12.1 Å². The molecule has 1 atom stereocenters. The first kappa shape index (κ1) is 19.9. The Kier molecular flexibility index (Phi) is 4.99. The lowest BCUT2D eigenvalue weighted by molar-refractivity contribution is -0.382. The quantitative estimate of drug-likeness (QED) is 0.518. The fourth-order valence-corrected chi connectivity index (χ4v) is 1.94. The molecular weight excluding hydrogens is 353 g/mol. The zero-order valence-corrected chi connectivity index (χ0v) is 11.6. The molecular formula is C14H8F9N. The van der Waals surface area contributed by atoms with E-state index in [0.717, 1.165) is 0 Å². The van der Waals surface area contributed by atoms with Gasteiger partial charge in [0.15, 0.2) is 0 Å². The molecule has 1 aromatic carbocycles. The summed E-state index contributed by atoms with van der Waals surface area (Å²) >= 11 is 0. The molecule has 0 heterocycles. The number of hydrogen-bond acceptors (Lipinski definition) is 1. The fourth-order valence-electron chi connectivity index (χ4n) is 1.94. The first-order valence-corrected chi connectivity index (χ1v) is 6.08. The predicted octanol–water partition coefficient (Wildman–Crippen LogP) is 5.27. The van der Waals surface area contributed by atoms with E-state index in [1.165, 1.54) is 6.07 Å². The highest BCUT2D eigenvalue weighted by Gasteiger charge is 2.80. The molecule has 1 aromatic rings. The van der Waals surface area contributed by atoms with Crippen LogP contribution in [-0.2, 0) is 5.67 Å². The summed E-state index contributed by atoms with van der Waals surface area (Å²) in [7, 11) is 0. The Morgan fingerprint density at radius 2 is 1.54 bits per heavy atom. The largest absolute Gasteiger partial charge is 0.460 e. The van der Waals surface area contributed by atoms with Gasteiger partial charge in [-0.05, 0) is 12.1 Å². The summed E-state index contributed by atoms with van der Waals surface area (Å²) in [6, 6.07) is 2.45. The van der Waals surface area contributed by atoms with Crippen LogP contribution in [0.5, 0.6) is 0 Å². The molecule has 0 aliphatic carbocycles. The van der Waals surface area contributed by atoms with Crippen molar-refractivity contribution in [2.45, 2.75) is 30.1 Å². The van der Waals surface area contributed by atoms with Crippen molar-refractivity contribution in [1.82, 2.24) is 0 Å². The molecule has 0 radical (unpaired) electrons. The summed E-state index contributed by atoms with van der Waals surface area (Å²) in [6.45, 7) is 2.82. The zero-order valence-electron chi connectivity index (χ0n) is 11.6. The van der Waals surface area contributed by atoms with Crippen molar-refractivity contribution in [3.63, 3.8) is 0 Å². The smallest absolute Gasteiger partial charge is 0.231 e. The highest BCUT2D eigenvalue weighted by Crippen LogP contribution is 2.57. The van der Waals surface area contributed by atoms with Gasteiger partial charge in [-0.3, -0.25) is 0 Å². The number of allylic oxidation sites excluding steroid dienone is 1. The predicted molar refractivity (Wildman–Crippen MR) is 64.7 cm³/mol. The highest BCUT2D eigenvalue weighted by molar-refractivity contribution is 5.37. The SMILES string of the molecule is C=CCC(F)(c1ccc(C#N)cc1F)C(F)(F)C(F)(F)C(F)(F)F. The number of halogens is 9. The lowest BCUT2D eigenvalue weighted by Gasteiger charge is -2.38. The normalized spacial score (nSPS) is 15.5. The Morgan fingerprint density at radius 1 is 1.00 bits per heavy atom. The molecule has 0 fully saturated rings. The maximum absolute atomic E-state index is 14.7. The number of benzene rings is 1. The lowest BCUT2D eigenvalue weighted by Crippen LogP contribution is -2.61. The van der Waals surface area contributed by atoms with Gasteiger partial charge in [0.1, 0.15) is 5.82 Å². The molecule has 0 amide bonds. The van der Waals surface area contributed by atoms with Gasteiger partial charge >= 0.3 is 18.0 Å². The molecule has 1 nitrogen and oxygen atoms in total.